The lowest BCUT2D eigenvalue weighted by Gasteiger charge is -2.14. The summed E-state index contributed by atoms with van der Waals surface area (Å²) in [4.78, 5) is 11.5. The Labute approximate surface area is 119 Å². The van der Waals surface area contributed by atoms with E-state index in [0.717, 1.165) is 0 Å². The van der Waals surface area contributed by atoms with Crippen LogP contribution in [0.3, 0.4) is 0 Å². The van der Waals surface area contributed by atoms with E-state index in [-0.39, 0.29) is 5.97 Å². The average molecular weight is 279 g/mol. The second-order valence-electron chi connectivity index (χ2n) is 4.32. The van der Waals surface area contributed by atoms with Crippen LogP contribution in [0.4, 0.5) is 5.69 Å². The normalized spacial score (nSPS) is 11.1. The number of hydrogen-bond acceptors (Lipinski definition) is 6. The monoisotopic (exact) mass is 279 g/mol. The highest BCUT2D eigenvalue weighted by molar-refractivity contribution is 5.89. The number of likely N-dealkylation sites (N-methyl/N-ethyl adjacent to an activating group) is 2. The second-order valence-corrected chi connectivity index (χ2v) is 4.32. The first kappa shape index (κ1) is 16.1. The Morgan fingerprint density at radius 1 is 1.25 bits per heavy atom. The summed E-state index contributed by atoms with van der Waals surface area (Å²) in [6, 6.07) is 6.78. The number of carbonyl (C=O) groups is 1. The third-order valence-electron chi connectivity index (χ3n) is 2.47. The van der Waals surface area contributed by atoms with Crippen molar-refractivity contribution in [3.63, 3.8) is 0 Å². The van der Waals surface area contributed by atoms with Gasteiger partial charge in [-0.1, -0.05) is 5.22 Å². The summed E-state index contributed by atoms with van der Waals surface area (Å²) >= 11 is 0. The van der Waals surface area contributed by atoms with E-state index in [9.17, 15) is 4.79 Å². The van der Waals surface area contributed by atoms with Crippen molar-refractivity contribution in [2.45, 2.75) is 6.92 Å². The molecular formula is C13H21N5O2. The molecule has 20 heavy (non-hydrogen) atoms. The maximum Gasteiger partial charge on any atom is 0.338 e. The minimum atomic E-state index is -0.334. The molecule has 1 rings (SSSR count). The van der Waals surface area contributed by atoms with Crippen LogP contribution >= 0.6 is 0 Å². The predicted octanol–water partition coefficient (Wildman–Crippen LogP) is 1.60. The number of benzene rings is 1. The van der Waals surface area contributed by atoms with Crippen molar-refractivity contribution in [3.8, 4) is 0 Å². The SMILES string of the molecule is CCOC(=O)c1ccc(N=NN(C)CCN(C)N)cc1. The zero-order valence-electron chi connectivity index (χ0n) is 12.1. The van der Waals surface area contributed by atoms with Gasteiger partial charge in [-0.15, -0.1) is 5.11 Å². The Bertz CT molecular complexity index is 445. The first-order valence-electron chi connectivity index (χ1n) is 6.38. The fourth-order valence-corrected chi connectivity index (χ4v) is 1.35. The van der Waals surface area contributed by atoms with Crippen LogP contribution < -0.4 is 5.84 Å². The molecule has 7 nitrogen and oxygen atoms in total. The Morgan fingerprint density at radius 2 is 1.90 bits per heavy atom. The summed E-state index contributed by atoms with van der Waals surface area (Å²) in [7, 11) is 3.61. The quantitative estimate of drug-likeness (QED) is 0.355. The molecule has 0 aliphatic carbocycles. The van der Waals surface area contributed by atoms with Gasteiger partial charge in [0.05, 0.1) is 24.4 Å². The van der Waals surface area contributed by atoms with Gasteiger partial charge >= 0.3 is 5.97 Å². The highest BCUT2D eigenvalue weighted by Crippen LogP contribution is 2.14. The maximum absolute atomic E-state index is 11.5. The van der Waals surface area contributed by atoms with Crippen molar-refractivity contribution in [2.75, 3.05) is 33.8 Å². The van der Waals surface area contributed by atoms with Crippen molar-refractivity contribution < 1.29 is 9.53 Å². The first-order chi connectivity index (χ1) is 9.52. The minimum Gasteiger partial charge on any atom is -0.462 e. The van der Waals surface area contributed by atoms with Crippen molar-refractivity contribution in [1.82, 2.24) is 10.0 Å². The van der Waals surface area contributed by atoms with Crippen LogP contribution in [-0.2, 0) is 4.74 Å². The van der Waals surface area contributed by atoms with Crippen molar-refractivity contribution in [3.05, 3.63) is 29.8 Å². The fourth-order valence-electron chi connectivity index (χ4n) is 1.35. The van der Waals surface area contributed by atoms with Crippen LogP contribution in [0.2, 0.25) is 0 Å². The highest BCUT2D eigenvalue weighted by Gasteiger charge is 2.05. The molecule has 0 bridgehead atoms. The molecule has 0 unspecified atom stereocenters. The standard InChI is InChI=1S/C13H21N5O2/c1-4-20-13(19)11-5-7-12(8-6-11)15-16-18(3)10-9-17(2)14/h5-8H,4,9-10,14H2,1-3H3. The summed E-state index contributed by atoms with van der Waals surface area (Å²) in [5.74, 6) is 5.17. The van der Waals surface area contributed by atoms with E-state index in [1.54, 1.807) is 48.3 Å². The number of hydrazine groups is 1. The topological polar surface area (TPSA) is 83.5 Å². The molecule has 110 valence electrons. The van der Waals surface area contributed by atoms with Gasteiger partial charge in [-0.3, -0.25) is 10.9 Å². The molecule has 0 radical (unpaired) electrons. The smallest absolute Gasteiger partial charge is 0.338 e. The highest BCUT2D eigenvalue weighted by atomic mass is 16.5. The van der Waals surface area contributed by atoms with E-state index in [0.29, 0.717) is 30.9 Å². The van der Waals surface area contributed by atoms with E-state index >= 15 is 0 Å². The van der Waals surface area contributed by atoms with Crippen LogP contribution in [0.1, 0.15) is 17.3 Å². The van der Waals surface area contributed by atoms with Gasteiger partial charge < -0.3 is 4.74 Å². The number of nitrogens with zero attached hydrogens (tertiary/aromatic N) is 4. The molecule has 1 aromatic carbocycles. The molecule has 0 atom stereocenters. The molecule has 0 spiro atoms. The van der Waals surface area contributed by atoms with Crippen LogP contribution in [0, 0.1) is 0 Å². The van der Waals surface area contributed by atoms with Crippen LogP contribution in [0.5, 0.6) is 0 Å². The number of ether oxygens (including phenoxy) is 1. The Kier molecular flexibility index (Phi) is 6.61. The predicted molar refractivity (Wildman–Crippen MR) is 76.4 cm³/mol. The van der Waals surface area contributed by atoms with E-state index in [2.05, 4.69) is 10.3 Å². The summed E-state index contributed by atoms with van der Waals surface area (Å²) in [6.45, 7) is 3.50. The average Bonchev–Trinajstić information content (AvgIpc) is 2.43. The third-order valence-corrected chi connectivity index (χ3v) is 2.47. The van der Waals surface area contributed by atoms with E-state index in [4.69, 9.17) is 10.6 Å². The van der Waals surface area contributed by atoms with Crippen molar-refractivity contribution in [1.29, 1.82) is 0 Å². The summed E-state index contributed by atoms with van der Waals surface area (Å²) in [5.41, 5.74) is 1.18. The van der Waals surface area contributed by atoms with Gasteiger partial charge in [0.25, 0.3) is 0 Å². The first-order valence-corrected chi connectivity index (χ1v) is 6.38. The van der Waals surface area contributed by atoms with Crippen molar-refractivity contribution in [2.24, 2.45) is 16.2 Å². The molecule has 0 amide bonds. The molecule has 0 saturated carbocycles. The molecule has 0 heterocycles. The molecule has 0 aromatic heterocycles. The van der Waals surface area contributed by atoms with Gasteiger partial charge in [0.2, 0.25) is 0 Å². The Hall–Kier alpha value is -1.99. The molecule has 0 aliphatic heterocycles. The van der Waals surface area contributed by atoms with Gasteiger partial charge in [-0.25, -0.2) is 9.80 Å². The number of carbonyl (C=O) groups excluding carboxylic acids is 1. The van der Waals surface area contributed by atoms with Gasteiger partial charge in [0.15, 0.2) is 0 Å². The molecule has 0 aliphatic rings. The zero-order chi connectivity index (χ0) is 15.0. The van der Waals surface area contributed by atoms with Gasteiger partial charge in [0.1, 0.15) is 0 Å². The summed E-state index contributed by atoms with van der Waals surface area (Å²) < 4.78 is 4.90. The minimum absolute atomic E-state index is 0.334. The molecular weight excluding hydrogens is 258 g/mol. The summed E-state index contributed by atoms with van der Waals surface area (Å²) in [5, 5.41) is 11.4. The zero-order valence-corrected chi connectivity index (χ0v) is 12.1. The van der Waals surface area contributed by atoms with E-state index in [1.165, 1.54) is 0 Å². The second kappa shape index (κ2) is 8.23. The van der Waals surface area contributed by atoms with Crippen LogP contribution in [-0.4, -0.2) is 49.8 Å². The van der Waals surface area contributed by atoms with E-state index < -0.39 is 0 Å². The van der Waals surface area contributed by atoms with Gasteiger partial charge in [-0.05, 0) is 31.2 Å². The van der Waals surface area contributed by atoms with Gasteiger partial charge in [0, 0.05) is 20.6 Å². The molecule has 1 aromatic rings. The summed E-state index contributed by atoms with van der Waals surface area (Å²) in [6.07, 6.45) is 0. The Balaban J connectivity index is 2.54. The third kappa shape index (κ3) is 5.77. The van der Waals surface area contributed by atoms with Crippen LogP contribution in [0.15, 0.2) is 34.6 Å². The molecule has 0 saturated heterocycles. The Morgan fingerprint density at radius 3 is 2.45 bits per heavy atom. The molecule has 0 fully saturated rings. The van der Waals surface area contributed by atoms with Crippen LogP contribution in [0.25, 0.3) is 0 Å². The molecule has 7 heteroatoms. The lowest BCUT2D eigenvalue weighted by Crippen LogP contribution is -2.33. The number of nitrogens with two attached hydrogens (primary N) is 1. The number of esters is 1. The lowest BCUT2D eigenvalue weighted by molar-refractivity contribution is 0.0526. The lowest BCUT2D eigenvalue weighted by atomic mass is 10.2. The fraction of sp³-hybridized carbons (Fsp3) is 0.462. The van der Waals surface area contributed by atoms with Crippen molar-refractivity contribution >= 4 is 11.7 Å². The van der Waals surface area contributed by atoms with E-state index in [1.807, 2.05) is 7.05 Å². The molecule has 2 N–H and O–H groups in total. The number of hydrogen-bond donors (Lipinski definition) is 1. The van der Waals surface area contributed by atoms with Gasteiger partial charge in [-0.2, -0.15) is 0 Å². The largest absolute Gasteiger partial charge is 0.462 e. The maximum atomic E-state index is 11.5. The number of rotatable bonds is 7.